The van der Waals surface area contributed by atoms with E-state index in [1.165, 1.54) is 5.56 Å². The summed E-state index contributed by atoms with van der Waals surface area (Å²) >= 11 is 0. The number of carbonyl (C=O) groups is 2. The molecule has 1 heterocycles. The summed E-state index contributed by atoms with van der Waals surface area (Å²) in [6, 6.07) is 14.9. The van der Waals surface area contributed by atoms with Crippen LogP contribution in [0.4, 0.5) is 5.69 Å². The van der Waals surface area contributed by atoms with Crippen molar-refractivity contribution in [3.05, 3.63) is 65.2 Å². The minimum atomic E-state index is -0.170. The lowest BCUT2D eigenvalue weighted by molar-refractivity contribution is 0.0945. The van der Waals surface area contributed by atoms with Crippen LogP contribution in [0.25, 0.3) is 0 Å². The molecule has 0 aliphatic carbocycles. The number of nitrogens with zero attached hydrogens (tertiary/aromatic N) is 1. The number of para-hydroxylation sites is 1. The number of carbonyl (C=O) groups excluding carboxylic acids is 2. The minimum Gasteiger partial charge on any atom is -0.298 e. The van der Waals surface area contributed by atoms with Crippen molar-refractivity contribution in [1.29, 1.82) is 0 Å². The molecular formula is C17H16N2O2. The van der Waals surface area contributed by atoms with Crippen molar-refractivity contribution in [3.63, 3.8) is 0 Å². The van der Waals surface area contributed by atoms with Crippen LogP contribution in [0.1, 0.15) is 33.2 Å². The number of amides is 1. The third-order valence-electron chi connectivity index (χ3n) is 3.74. The molecule has 2 aromatic carbocycles. The molecule has 1 N–H and O–H groups in total. The second kappa shape index (κ2) is 5.40. The first-order valence-corrected chi connectivity index (χ1v) is 6.92. The SMILES string of the molecule is CC1Cc2ccccc2N1NC(=O)c1ccc(C=O)cc1. The van der Waals surface area contributed by atoms with Gasteiger partial charge in [-0.25, -0.2) is 0 Å². The number of hydrogen-bond acceptors (Lipinski definition) is 3. The highest BCUT2D eigenvalue weighted by molar-refractivity contribution is 5.96. The Morgan fingerprint density at radius 1 is 1.19 bits per heavy atom. The number of fused-ring (bicyclic) bond motifs is 1. The van der Waals surface area contributed by atoms with Crippen LogP contribution in [0.15, 0.2) is 48.5 Å². The van der Waals surface area contributed by atoms with Gasteiger partial charge in [-0.3, -0.25) is 20.0 Å². The average molecular weight is 280 g/mol. The maximum Gasteiger partial charge on any atom is 0.269 e. The number of benzene rings is 2. The monoisotopic (exact) mass is 280 g/mol. The molecule has 4 nitrogen and oxygen atoms in total. The number of hydrogen-bond donors (Lipinski definition) is 1. The van der Waals surface area contributed by atoms with Crippen LogP contribution < -0.4 is 10.4 Å². The molecule has 1 aliphatic heterocycles. The predicted molar refractivity (Wildman–Crippen MR) is 81.4 cm³/mol. The molecule has 4 heteroatoms. The van der Waals surface area contributed by atoms with Crippen LogP contribution in [-0.4, -0.2) is 18.2 Å². The van der Waals surface area contributed by atoms with Crippen LogP contribution in [-0.2, 0) is 6.42 Å². The van der Waals surface area contributed by atoms with E-state index in [1.54, 1.807) is 24.3 Å². The third-order valence-corrected chi connectivity index (χ3v) is 3.74. The van der Waals surface area contributed by atoms with Crippen LogP contribution >= 0.6 is 0 Å². The summed E-state index contributed by atoms with van der Waals surface area (Å²) in [6.45, 7) is 2.08. The van der Waals surface area contributed by atoms with Crippen molar-refractivity contribution >= 4 is 17.9 Å². The van der Waals surface area contributed by atoms with Gasteiger partial charge in [0.2, 0.25) is 0 Å². The highest BCUT2D eigenvalue weighted by Crippen LogP contribution is 2.30. The van der Waals surface area contributed by atoms with Gasteiger partial charge in [0.05, 0.1) is 11.7 Å². The lowest BCUT2D eigenvalue weighted by Crippen LogP contribution is -2.45. The molecule has 1 unspecified atom stereocenters. The van der Waals surface area contributed by atoms with Gasteiger partial charge in [-0.15, -0.1) is 0 Å². The molecule has 0 bridgehead atoms. The zero-order valence-electron chi connectivity index (χ0n) is 11.7. The van der Waals surface area contributed by atoms with E-state index < -0.39 is 0 Å². The smallest absolute Gasteiger partial charge is 0.269 e. The van der Waals surface area contributed by atoms with E-state index in [1.807, 2.05) is 23.2 Å². The van der Waals surface area contributed by atoms with Crippen LogP contribution in [0, 0.1) is 0 Å². The zero-order chi connectivity index (χ0) is 14.8. The summed E-state index contributed by atoms with van der Waals surface area (Å²) in [4.78, 5) is 23.0. The Hall–Kier alpha value is -2.62. The molecule has 0 fully saturated rings. The maximum absolute atomic E-state index is 12.3. The molecule has 0 saturated heterocycles. The molecule has 2 aromatic rings. The maximum atomic E-state index is 12.3. The van der Waals surface area contributed by atoms with Gasteiger partial charge in [0.25, 0.3) is 5.91 Å². The summed E-state index contributed by atoms with van der Waals surface area (Å²) in [5.41, 5.74) is 6.33. The van der Waals surface area contributed by atoms with Crippen molar-refractivity contribution in [2.45, 2.75) is 19.4 Å². The summed E-state index contributed by atoms with van der Waals surface area (Å²) in [7, 11) is 0. The van der Waals surface area contributed by atoms with E-state index in [9.17, 15) is 9.59 Å². The number of nitrogens with one attached hydrogen (secondary N) is 1. The molecule has 0 spiro atoms. The van der Waals surface area contributed by atoms with Gasteiger partial charge in [0.1, 0.15) is 6.29 Å². The first-order valence-electron chi connectivity index (χ1n) is 6.92. The molecule has 1 amide bonds. The Morgan fingerprint density at radius 2 is 1.90 bits per heavy atom. The van der Waals surface area contributed by atoms with Crippen molar-refractivity contribution in [2.24, 2.45) is 0 Å². The molecule has 3 rings (SSSR count). The lowest BCUT2D eigenvalue weighted by Gasteiger charge is -2.25. The first kappa shape index (κ1) is 13.4. The van der Waals surface area contributed by atoms with Crippen LogP contribution in [0.3, 0.4) is 0 Å². The molecule has 0 saturated carbocycles. The highest BCUT2D eigenvalue weighted by Gasteiger charge is 2.27. The number of aldehydes is 1. The molecular weight excluding hydrogens is 264 g/mol. The Balaban J connectivity index is 1.79. The van der Waals surface area contributed by atoms with Crippen molar-refractivity contribution in [3.8, 4) is 0 Å². The fourth-order valence-electron chi connectivity index (χ4n) is 2.62. The topological polar surface area (TPSA) is 49.4 Å². The summed E-state index contributed by atoms with van der Waals surface area (Å²) in [5.74, 6) is -0.170. The van der Waals surface area contributed by atoms with E-state index in [0.717, 1.165) is 18.4 Å². The normalized spacial score (nSPS) is 16.4. The number of anilines is 1. The second-order valence-electron chi connectivity index (χ2n) is 5.23. The molecule has 21 heavy (non-hydrogen) atoms. The standard InChI is InChI=1S/C17H16N2O2/c1-12-10-15-4-2-3-5-16(15)19(12)18-17(21)14-8-6-13(11-20)7-9-14/h2-9,11-12H,10H2,1H3,(H,18,21). The van der Waals surface area contributed by atoms with Gasteiger partial charge >= 0.3 is 0 Å². The van der Waals surface area contributed by atoms with E-state index in [4.69, 9.17) is 0 Å². The second-order valence-corrected chi connectivity index (χ2v) is 5.23. The largest absolute Gasteiger partial charge is 0.298 e. The summed E-state index contributed by atoms with van der Waals surface area (Å²) in [6.07, 6.45) is 1.68. The molecule has 0 radical (unpaired) electrons. The van der Waals surface area contributed by atoms with E-state index in [-0.39, 0.29) is 11.9 Å². The fourth-order valence-corrected chi connectivity index (χ4v) is 2.62. The summed E-state index contributed by atoms with van der Waals surface area (Å²) in [5, 5.41) is 1.91. The van der Waals surface area contributed by atoms with E-state index in [0.29, 0.717) is 11.1 Å². The third kappa shape index (κ3) is 2.52. The first-order chi connectivity index (χ1) is 10.2. The lowest BCUT2D eigenvalue weighted by atomic mass is 10.1. The minimum absolute atomic E-state index is 0.170. The molecule has 1 aliphatic rings. The van der Waals surface area contributed by atoms with E-state index >= 15 is 0 Å². The molecule has 1 atom stereocenters. The van der Waals surface area contributed by atoms with E-state index in [2.05, 4.69) is 18.4 Å². The van der Waals surface area contributed by atoms with Gasteiger partial charge in [-0.05, 0) is 37.1 Å². The van der Waals surface area contributed by atoms with Crippen LogP contribution in [0.2, 0.25) is 0 Å². The van der Waals surface area contributed by atoms with Crippen molar-refractivity contribution in [2.75, 3.05) is 5.01 Å². The van der Waals surface area contributed by atoms with Crippen LogP contribution in [0.5, 0.6) is 0 Å². The molecule has 0 aromatic heterocycles. The Labute approximate surface area is 123 Å². The van der Waals surface area contributed by atoms with Gasteiger partial charge in [-0.1, -0.05) is 30.3 Å². The van der Waals surface area contributed by atoms with Gasteiger partial charge in [0, 0.05) is 11.1 Å². The predicted octanol–water partition coefficient (Wildman–Crippen LogP) is 2.60. The van der Waals surface area contributed by atoms with Gasteiger partial charge in [0.15, 0.2) is 0 Å². The zero-order valence-corrected chi connectivity index (χ0v) is 11.7. The van der Waals surface area contributed by atoms with Gasteiger partial charge < -0.3 is 0 Å². The Bertz CT molecular complexity index is 679. The Kier molecular flexibility index (Phi) is 3.44. The summed E-state index contributed by atoms with van der Waals surface area (Å²) < 4.78 is 0. The average Bonchev–Trinajstić information content (AvgIpc) is 2.83. The van der Waals surface area contributed by atoms with Gasteiger partial charge in [-0.2, -0.15) is 0 Å². The molecule has 106 valence electrons. The van der Waals surface area contributed by atoms with Crippen molar-refractivity contribution in [1.82, 2.24) is 5.43 Å². The Morgan fingerprint density at radius 3 is 2.62 bits per heavy atom. The highest BCUT2D eigenvalue weighted by atomic mass is 16.2. The quantitative estimate of drug-likeness (QED) is 0.879. The number of rotatable bonds is 3. The number of hydrazine groups is 1. The fraction of sp³-hybridized carbons (Fsp3) is 0.176. The van der Waals surface area contributed by atoms with Crippen molar-refractivity contribution < 1.29 is 9.59 Å².